The number of hydrogen-bond acceptors (Lipinski definition) is 5. The van der Waals surface area contributed by atoms with E-state index in [0.717, 1.165) is 15.4 Å². The Morgan fingerprint density at radius 2 is 1.83 bits per heavy atom. The van der Waals surface area contributed by atoms with Crippen molar-refractivity contribution in [2.45, 2.75) is 26.3 Å². The van der Waals surface area contributed by atoms with Crippen LogP contribution in [0.1, 0.15) is 16.7 Å². The summed E-state index contributed by atoms with van der Waals surface area (Å²) in [6.45, 7) is -2.23. The van der Waals surface area contributed by atoms with Crippen LogP contribution in [0.25, 0.3) is 5.69 Å². The maximum Gasteiger partial charge on any atom is 0.419 e. The number of ether oxygens (including phenoxy) is 2. The van der Waals surface area contributed by atoms with Crippen LogP contribution in [0.4, 0.5) is 22.0 Å². The molecule has 0 unspecified atom stereocenters. The number of nitrogens with zero attached hydrogens (tertiary/aromatic N) is 4. The Labute approximate surface area is 166 Å². The number of aromatic nitrogens is 4. The van der Waals surface area contributed by atoms with Gasteiger partial charge in [-0.2, -0.15) is 31.3 Å². The van der Waals surface area contributed by atoms with Crippen molar-refractivity contribution in [3.8, 4) is 17.2 Å². The summed E-state index contributed by atoms with van der Waals surface area (Å²) in [6.07, 6.45) is -4.69. The van der Waals surface area contributed by atoms with Crippen molar-refractivity contribution in [3.05, 3.63) is 63.6 Å². The Balaban J connectivity index is 2.06. The van der Waals surface area contributed by atoms with Gasteiger partial charge < -0.3 is 9.47 Å². The lowest BCUT2D eigenvalue weighted by atomic mass is 10.1. The second kappa shape index (κ2) is 8.13. The second-order valence-corrected chi connectivity index (χ2v) is 6.22. The molecular formula is C18H15F5N4O3. The van der Waals surface area contributed by atoms with Crippen molar-refractivity contribution in [3.63, 3.8) is 0 Å². The zero-order valence-electron chi connectivity index (χ0n) is 15.7. The van der Waals surface area contributed by atoms with Gasteiger partial charge in [-0.05, 0) is 47.2 Å². The first kappa shape index (κ1) is 21.3. The fraction of sp³-hybridized carbons (Fsp3) is 0.278. The van der Waals surface area contributed by atoms with Gasteiger partial charge in [-0.15, -0.1) is 0 Å². The van der Waals surface area contributed by atoms with Gasteiger partial charge in [0.2, 0.25) is 0 Å². The maximum atomic E-state index is 13.3. The molecule has 0 aliphatic heterocycles. The van der Waals surface area contributed by atoms with Crippen LogP contribution in [-0.2, 0) is 19.8 Å². The van der Waals surface area contributed by atoms with Gasteiger partial charge in [-0.3, -0.25) is 0 Å². The highest BCUT2D eigenvalue weighted by molar-refractivity contribution is 5.49. The molecule has 0 fully saturated rings. The third-order valence-electron chi connectivity index (χ3n) is 4.09. The first-order chi connectivity index (χ1) is 14.1. The van der Waals surface area contributed by atoms with Crippen LogP contribution >= 0.6 is 0 Å². The smallest absolute Gasteiger partial charge is 0.419 e. The summed E-state index contributed by atoms with van der Waals surface area (Å²) in [6, 6.07) is 7.16. The standard InChI is InChI=1S/C18H15F5N4O3/c1-10-6-7-12(18(21,22)23)15(8-10)29-9-11-13(27-17(28)26(2)24-25-27)4-3-5-14(11)30-16(19)20/h3-8,16H,9H2,1-2H3. The van der Waals surface area contributed by atoms with Crippen molar-refractivity contribution in [2.24, 2.45) is 7.05 Å². The van der Waals surface area contributed by atoms with Gasteiger partial charge in [-0.25, -0.2) is 4.79 Å². The molecule has 0 bridgehead atoms. The summed E-state index contributed by atoms with van der Waals surface area (Å²) in [5, 5.41) is 7.17. The SMILES string of the molecule is Cc1ccc(C(F)(F)F)c(OCc2c(OC(F)F)cccc2-n2nnn(C)c2=O)c1. The monoisotopic (exact) mass is 430 g/mol. The van der Waals surface area contributed by atoms with Crippen LogP contribution in [-0.4, -0.2) is 26.4 Å². The fourth-order valence-electron chi connectivity index (χ4n) is 2.70. The molecule has 2 aromatic carbocycles. The summed E-state index contributed by atoms with van der Waals surface area (Å²) in [5.74, 6) is -0.868. The van der Waals surface area contributed by atoms with Gasteiger partial charge >= 0.3 is 18.5 Å². The molecule has 3 aromatic rings. The van der Waals surface area contributed by atoms with Crippen LogP contribution in [0.15, 0.2) is 41.2 Å². The molecule has 0 spiro atoms. The number of alkyl halides is 5. The third kappa shape index (κ3) is 4.42. The molecule has 0 radical (unpaired) electrons. The maximum absolute atomic E-state index is 13.3. The fourth-order valence-corrected chi connectivity index (χ4v) is 2.70. The molecule has 1 aromatic heterocycles. The van der Waals surface area contributed by atoms with E-state index >= 15 is 0 Å². The summed E-state index contributed by atoms with van der Waals surface area (Å²) >= 11 is 0. The molecule has 0 saturated carbocycles. The minimum atomic E-state index is -4.69. The lowest BCUT2D eigenvalue weighted by Gasteiger charge is -2.18. The lowest BCUT2D eigenvalue weighted by Crippen LogP contribution is -2.23. The van der Waals surface area contributed by atoms with Crippen molar-refractivity contribution in [1.29, 1.82) is 0 Å². The molecular weight excluding hydrogens is 415 g/mol. The Hall–Kier alpha value is -3.44. The average molecular weight is 430 g/mol. The van der Waals surface area contributed by atoms with E-state index in [-0.39, 0.29) is 17.0 Å². The second-order valence-electron chi connectivity index (χ2n) is 6.22. The zero-order chi connectivity index (χ0) is 22.1. The van der Waals surface area contributed by atoms with Gasteiger partial charge in [0.15, 0.2) is 0 Å². The van der Waals surface area contributed by atoms with Crippen molar-refractivity contribution in [2.75, 3.05) is 0 Å². The highest BCUT2D eigenvalue weighted by atomic mass is 19.4. The van der Waals surface area contributed by atoms with Crippen LogP contribution in [0.5, 0.6) is 11.5 Å². The van der Waals surface area contributed by atoms with Gasteiger partial charge in [0.25, 0.3) is 0 Å². The normalized spacial score (nSPS) is 11.7. The van der Waals surface area contributed by atoms with Crippen LogP contribution in [0, 0.1) is 6.92 Å². The molecule has 0 amide bonds. The number of benzene rings is 2. The molecule has 0 aliphatic rings. The zero-order valence-corrected chi connectivity index (χ0v) is 15.7. The van der Waals surface area contributed by atoms with Gasteiger partial charge in [0, 0.05) is 7.05 Å². The Kier molecular flexibility index (Phi) is 5.76. The van der Waals surface area contributed by atoms with Crippen molar-refractivity contribution in [1.82, 2.24) is 19.8 Å². The molecule has 0 N–H and O–H groups in total. The number of rotatable bonds is 6. The summed E-state index contributed by atoms with van der Waals surface area (Å²) in [7, 11) is 1.32. The average Bonchev–Trinajstić information content (AvgIpc) is 2.98. The van der Waals surface area contributed by atoms with Crippen LogP contribution in [0.3, 0.4) is 0 Å². The molecule has 160 valence electrons. The molecule has 0 atom stereocenters. The number of halogens is 5. The van der Waals surface area contributed by atoms with Crippen molar-refractivity contribution < 1.29 is 31.4 Å². The van der Waals surface area contributed by atoms with E-state index in [1.54, 1.807) is 6.92 Å². The van der Waals surface area contributed by atoms with E-state index in [0.29, 0.717) is 5.56 Å². The molecule has 3 rings (SSSR count). The Morgan fingerprint density at radius 3 is 2.43 bits per heavy atom. The minimum absolute atomic E-state index is 0.0209. The minimum Gasteiger partial charge on any atom is -0.488 e. The van der Waals surface area contributed by atoms with E-state index in [1.807, 2.05) is 0 Å². The third-order valence-corrected chi connectivity index (χ3v) is 4.09. The molecule has 30 heavy (non-hydrogen) atoms. The Morgan fingerprint density at radius 1 is 1.10 bits per heavy atom. The number of tetrazole rings is 1. The highest BCUT2D eigenvalue weighted by Crippen LogP contribution is 2.37. The van der Waals surface area contributed by atoms with Crippen molar-refractivity contribution >= 4 is 0 Å². The number of hydrogen-bond donors (Lipinski definition) is 0. The van der Waals surface area contributed by atoms with E-state index < -0.39 is 36.4 Å². The predicted octanol–water partition coefficient (Wildman–Crippen LogP) is 3.47. The van der Waals surface area contributed by atoms with E-state index in [4.69, 9.17) is 4.74 Å². The summed E-state index contributed by atoms with van der Waals surface area (Å²) in [5.41, 5.74) is -1.35. The Bertz CT molecular complexity index is 1110. The van der Waals surface area contributed by atoms with E-state index in [9.17, 15) is 26.7 Å². The molecule has 7 nitrogen and oxygen atoms in total. The van der Waals surface area contributed by atoms with E-state index in [1.165, 1.54) is 37.4 Å². The van der Waals surface area contributed by atoms with Crippen LogP contribution in [0.2, 0.25) is 0 Å². The van der Waals surface area contributed by atoms with Gasteiger partial charge in [0.05, 0.1) is 16.8 Å². The topological polar surface area (TPSA) is 71.2 Å². The first-order valence-corrected chi connectivity index (χ1v) is 8.44. The summed E-state index contributed by atoms with van der Waals surface area (Å²) < 4.78 is 77.0. The lowest BCUT2D eigenvalue weighted by molar-refractivity contribution is -0.139. The first-order valence-electron chi connectivity index (χ1n) is 8.44. The van der Waals surface area contributed by atoms with Gasteiger partial charge in [-0.1, -0.05) is 12.1 Å². The quantitative estimate of drug-likeness (QED) is 0.560. The highest BCUT2D eigenvalue weighted by Gasteiger charge is 2.34. The number of aryl methyl sites for hydroxylation is 2. The summed E-state index contributed by atoms with van der Waals surface area (Å²) in [4.78, 5) is 12.2. The molecule has 0 saturated heterocycles. The molecule has 1 heterocycles. The van der Waals surface area contributed by atoms with Crippen LogP contribution < -0.4 is 15.2 Å². The molecule has 0 aliphatic carbocycles. The van der Waals surface area contributed by atoms with E-state index in [2.05, 4.69) is 15.2 Å². The molecule has 12 heteroatoms. The largest absolute Gasteiger partial charge is 0.488 e. The van der Waals surface area contributed by atoms with Gasteiger partial charge in [0.1, 0.15) is 18.1 Å². The predicted molar refractivity (Wildman–Crippen MR) is 93.7 cm³/mol.